The van der Waals surface area contributed by atoms with E-state index in [1.54, 1.807) is 6.07 Å². The molecule has 3 aliphatic rings. The molecule has 1 saturated carbocycles. The van der Waals surface area contributed by atoms with Crippen LogP contribution in [-0.2, 0) is 9.47 Å². The van der Waals surface area contributed by atoms with Crippen molar-refractivity contribution < 1.29 is 14.3 Å². The van der Waals surface area contributed by atoms with Crippen LogP contribution in [0.15, 0.2) is 12.4 Å². The largest absolute Gasteiger partial charge is 0.356 e. The maximum Gasteiger partial charge on any atom is 0.270 e. The number of nitrogens with zero attached hydrogens (tertiary/aromatic N) is 3. The molecular formula is C17H24N4O3. The van der Waals surface area contributed by atoms with Crippen molar-refractivity contribution in [1.29, 1.82) is 0 Å². The summed E-state index contributed by atoms with van der Waals surface area (Å²) < 4.78 is 11.5. The molecule has 1 aliphatic carbocycles. The third-order valence-corrected chi connectivity index (χ3v) is 5.24. The van der Waals surface area contributed by atoms with Crippen molar-refractivity contribution in [1.82, 2.24) is 15.3 Å². The van der Waals surface area contributed by atoms with E-state index in [9.17, 15) is 4.79 Å². The molecule has 2 saturated heterocycles. The Kier molecular flexibility index (Phi) is 4.37. The van der Waals surface area contributed by atoms with Gasteiger partial charge in [-0.2, -0.15) is 0 Å². The molecule has 0 unspecified atom stereocenters. The van der Waals surface area contributed by atoms with Gasteiger partial charge in [0.15, 0.2) is 5.79 Å². The molecule has 1 N–H and O–H groups in total. The predicted octanol–water partition coefficient (Wildman–Crippen LogP) is 1.49. The lowest BCUT2D eigenvalue weighted by molar-refractivity contribution is -0.169. The number of anilines is 1. The first kappa shape index (κ1) is 15.8. The van der Waals surface area contributed by atoms with E-state index in [4.69, 9.17) is 9.47 Å². The Morgan fingerprint density at radius 3 is 2.58 bits per heavy atom. The molecule has 7 nitrogen and oxygen atoms in total. The first-order valence-corrected chi connectivity index (χ1v) is 8.90. The molecule has 1 spiro atoms. The van der Waals surface area contributed by atoms with Crippen molar-refractivity contribution in [2.45, 2.75) is 50.4 Å². The predicted molar refractivity (Wildman–Crippen MR) is 87.8 cm³/mol. The van der Waals surface area contributed by atoms with Crippen LogP contribution in [0.5, 0.6) is 0 Å². The van der Waals surface area contributed by atoms with Crippen molar-refractivity contribution in [3.05, 3.63) is 18.1 Å². The Labute approximate surface area is 141 Å². The van der Waals surface area contributed by atoms with E-state index in [0.717, 1.165) is 44.6 Å². The SMILES string of the molecule is O=C(NC1CCCC1)c1cc(N2CCC3(CC2)OCCO3)ncn1. The smallest absolute Gasteiger partial charge is 0.270 e. The first-order valence-electron chi connectivity index (χ1n) is 8.90. The standard InChI is InChI=1S/C17H24N4O3/c22-16(20-13-3-1-2-4-13)14-11-15(19-12-18-14)21-7-5-17(6-8-21)23-9-10-24-17/h11-13H,1-10H2,(H,20,22). The third-order valence-electron chi connectivity index (χ3n) is 5.24. The van der Waals surface area contributed by atoms with Crippen LogP contribution in [0.2, 0.25) is 0 Å². The summed E-state index contributed by atoms with van der Waals surface area (Å²) in [6.45, 7) is 2.97. The van der Waals surface area contributed by atoms with Gasteiger partial charge in [0.2, 0.25) is 0 Å². The van der Waals surface area contributed by atoms with Gasteiger partial charge in [-0.3, -0.25) is 4.79 Å². The van der Waals surface area contributed by atoms with Crippen LogP contribution in [0.3, 0.4) is 0 Å². The van der Waals surface area contributed by atoms with E-state index in [1.807, 2.05) is 0 Å². The highest BCUT2D eigenvalue weighted by Crippen LogP contribution is 2.32. The van der Waals surface area contributed by atoms with E-state index in [0.29, 0.717) is 24.9 Å². The van der Waals surface area contributed by atoms with Crippen molar-refractivity contribution in [3.63, 3.8) is 0 Å². The average molecular weight is 332 g/mol. The van der Waals surface area contributed by atoms with Gasteiger partial charge in [0.1, 0.15) is 17.8 Å². The summed E-state index contributed by atoms with van der Waals surface area (Å²) >= 11 is 0. The Morgan fingerprint density at radius 2 is 1.88 bits per heavy atom. The topological polar surface area (TPSA) is 76.6 Å². The molecular weight excluding hydrogens is 308 g/mol. The van der Waals surface area contributed by atoms with Gasteiger partial charge in [0.05, 0.1) is 13.2 Å². The van der Waals surface area contributed by atoms with Crippen LogP contribution in [0.4, 0.5) is 5.82 Å². The Morgan fingerprint density at radius 1 is 1.17 bits per heavy atom. The summed E-state index contributed by atoms with van der Waals surface area (Å²) in [6.07, 6.45) is 7.64. The van der Waals surface area contributed by atoms with Crippen LogP contribution >= 0.6 is 0 Å². The number of carbonyl (C=O) groups is 1. The van der Waals surface area contributed by atoms with Gasteiger partial charge in [0, 0.05) is 38.0 Å². The van der Waals surface area contributed by atoms with E-state index >= 15 is 0 Å². The Hall–Kier alpha value is -1.73. The summed E-state index contributed by atoms with van der Waals surface area (Å²) in [5, 5.41) is 3.08. The molecule has 7 heteroatoms. The summed E-state index contributed by atoms with van der Waals surface area (Å²) in [6, 6.07) is 2.08. The summed E-state index contributed by atoms with van der Waals surface area (Å²) in [7, 11) is 0. The molecule has 1 aromatic heterocycles. The number of amides is 1. The van der Waals surface area contributed by atoms with Crippen LogP contribution in [0.1, 0.15) is 49.0 Å². The Balaban J connectivity index is 1.40. The molecule has 24 heavy (non-hydrogen) atoms. The highest BCUT2D eigenvalue weighted by atomic mass is 16.7. The number of rotatable bonds is 3. The quantitative estimate of drug-likeness (QED) is 0.904. The molecule has 130 valence electrons. The lowest BCUT2D eigenvalue weighted by Crippen LogP contribution is -2.45. The molecule has 2 aliphatic heterocycles. The fraction of sp³-hybridized carbons (Fsp3) is 0.706. The van der Waals surface area contributed by atoms with Gasteiger partial charge in [-0.15, -0.1) is 0 Å². The molecule has 0 atom stereocenters. The maximum atomic E-state index is 12.4. The second-order valence-corrected chi connectivity index (χ2v) is 6.81. The zero-order chi connectivity index (χ0) is 16.4. The molecule has 0 aromatic carbocycles. The summed E-state index contributed by atoms with van der Waals surface area (Å²) in [4.78, 5) is 23.0. The molecule has 1 aromatic rings. The highest BCUT2D eigenvalue weighted by Gasteiger charge is 2.40. The fourth-order valence-corrected chi connectivity index (χ4v) is 3.84. The first-order chi connectivity index (χ1) is 11.7. The van der Waals surface area contributed by atoms with Gasteiger partial charge >= 0.3 is 0 Å². The molecule has 0 bridgehead atoms. The highest BCUT2D eigenvalue weighted by molar-refractivity contribution is 5.93. The molecule has 1 amide bonds. The minimum Gasteiger partial charge on any atom is -0.356 e. The van der Waals surface area contributed by atoms with Crippen LogP contribution in [0.25, 0.3) is 0 Å². The van der Waals surface area contributed by atoms with Gasteiger partial charge in [-0.1, -0.05) is 12.8 Å². The van der Waals surface area contributed by atoms with Crippen molar-refractivity contribution in [3.8, 4) is 0 Å². The second kappa shape index (κ2) is 6.64. The minimum absolute atomic E-state index is 0.0958. The van der Waals surface area contributed by atoms with E-state index in [1.165, 1.54) is 19.2 Å². The van der Waals surface area contributed by atoms with E-state index in [-0.39, 0.29) is 5.91 Å². The van der Waals surface area contributed by atoms with Gasteiger partial charge in [0.25, 0.3) is 5.91 Å². The minimum atomic E-state index is -0.397. The van der Waals surface area contributed by atoms with Crippen molar-refractivity contribution in [2.75, 3.05) is 31.2 Å². The van der Waals surface area contributed by atoms with Gasteiger partial charge in [-0.25, -0.2) is 9.97 Å². The molecule has 4 rings (SSSR count). The van der Waals surface area contributed by atoms with Crippen molar-refractivity contribution >= 4 is 11.7 Å². The number of aromatic nitrogens is 2. The van der Waals surface area contributed by atoms with Crippen LogP contribution in [0, 0.1) is 0 Å². The van der Waals surface area contributed by atoms with Crippen LogP contribution < -0.4 is 10.2 Å². The second-order valence-electron chi connectivity index (χ2n) is 6.81. The normalized spacial score (nSPS) is 23.8. The molecule has 3 fully saturated rings. The van der Waals surface area contributed by atoms with Crippen LogP contribution in [-0.4, -0.2) is 54.0 Å². The maximum absolute atomic E-state index is 12.4. The zero-order valence-corrected chi connectivity index (χ0v) is 13.9. The summed E-state index contributed by atoms with van der Waals surface area (Å²) in [5.74, 6) is 0.308. The number of hydrogen-bond donors (Lipinski definition) is 1. The lowest BCUT2D eigenvalue weighted by Gasteiger charge is -2.38. The Bertz CT molecular complexity index is 587. The number of nitrogens with one attached hydrogen (secondary N) is 1. The average Bonchev–Trinajstić information content (AvgIpc) is 3.28. The number of ether oxygens (including phenoxy) is 2. The third kappa shape index (κ3) is 3.23. The van der Waals surface area contributed by atoms with Gasteiger partial charge < -0.3 is 19.7 Å². The number of piperidine rings is 1. The summed E-state index contributed by atoms with van der Waals surface area (Å²) in [5.41, 5.74) is 0.445. The zero-order valence-electron chi connectivity index (χ0n) is 13.9. The molecule has 0 radical (unpaired) electrons. The number of hydrogen-bond acceptors (Lipinski definition) is 6. The monoisotopic (exact) mass is 332 g/mol. The molecule has 3 heterocycles. The lowest BCUT2D eigenvalue weighted by atomic mass is 10.0. The van der Waals surface area contributed by atoms with Gasteiger partial charge in [-0.05, 0) is 12.8 Å². The fourth-order valence-electron chi connectivity index (χ4n) is 3.84. The van der Waals surface area contributed by atoms with E-state index in [2.05, 4.69) is 20.2 Å². The van der Waals surface area contributed by atoms with E-state index < -0.39 is 5.79 Å². The number of carbonyl (C=O) groups excluding carboxylic acids is 1. The van der Waals surface area contributed by atoms with Crippen molar-refractivity contribution in [2.24, 2.45) is 0 Å².